The van der Waals surface area contributed by atoms with E-state index >= 15 is 0 Å². The molecule has 0 fully saturated rings. The van der Waals surface area contributed by atoms with Crippen molar-refractivity contribution in [1.82, 2.24) is 0 Å². The van der Waals surface area contributed by atoms with E-state index in [1.54, 1.807) is 38.1 Å². The number of nitrogens with zero attached hydrogens (tertiary/aromatic N) is 4. The summed E-state index contributed by atoms with van der Waals surface area (Å²) in [6.07, 6.45) is -110. The number of benzene rings is 8. The van der Waals surface area contributed by atoms with Crippen LogP contribution in [0.2, 0.25) is 0 Å². The van der Waals surface area contributed by atoms with Crippen LogP contribution in [0.3, 0.4) is 0 Å². The molecule has 133 heavy (non-hydrogen) atoms. The summed E-state index contributed by atoms with van der Waals surface area (Å²) >= 11 is 0. The average molecular weight is 2000 g/mol. The Labute approximate surface area is 730 Å². The number of hydrogen-bond acceptors (Lipinski definition) is 4. The largest absolute Gasteiger partial charge is 2.00 e. The van der Waals surface area contributed by atoms with Gasteiger partial charge in [0.15, 0.2) is 0 Å². The quantitative estimate of drug-likeness (QED) is 0.115. The SMILES string of the molecule is CC#N.CC#N.CC#N.CC#N.CC#[NH+].CC#[NH+].FC(F)(F)c1cc([B-](c2cc(C(F)(F)F)cc(C(F)(F)F)c2)(c2cc(C(F)(F)F)cc(C(F)(F)F)c2)c2cc(C(F)(F)F)cc(C(F)(F)F)c2)cc(C(F)(F)F)c1.FC(F)(F)c1cc([B-](c2cc(C(F)(F)F)cc(C(F)(F)F)c2)(c2cc(C(F)(F)F)cc(C(F)(F)F)c2)c2cc(C(F)(F)F)cc(C(F)(F)F)c2)cc(C(F)(F)F)c1.[Mg+2]. The number of rotatable bonds is 8. The van der Waals surface area contributed by atoms with E-state index in [2.05, 4.69) is 0 Å². The molecular weight excluding hydrogens is 1950 g/mol. The molecule has 0 spiro atoms. The van der Waals surface area contributed by atoms with Gasteiger partial charge in [0.2, 0.25) is 0 Å². The Bertz CT molecular complexity index is 4310. The van der Waals surface area contributed by atoms with E-state index in [0.717, 1.165) is 0 Å². The second kappa shape index (κ2) is 43.5. The maximum atomic E-state index is 14.2. The molecule has 0 aliphatic heterocycles. The van der Waals surface area contributed by atoms with Crippen LogP contribution in [0.1, 0.15) is 131 Å². The van der Waals surface area contributed by atoms with Crippen molar-refractivity contribution in [3.8, 4) is 36.4 Å². The third-order valence-electron chi connectivity index (χ3n) is 16.9. The van der Waals surface area contributed by atoms with Crippen molar-refractivity contribution < 1.29 is 221 Å². The van der Waals surface area contributed by atoms with Crippen molar-refractivity contribution in [3.05, 3.63) is 235 Å². The molecule has 0 atom stereocenters. The van der Waals surface area contributed by atoms with E-state index in [-0.39, 0.29) is 23.1 Å². The molecule has 8 aromatic carbocycles. The average Bonchev–Trinajstić information content (AvgIpc) is 0.710. The van der Waals surface area contributed by atoms with Crippen LogP contribution in [0.4, 0.5) is 211 Å². The first kappa shape index (κ1) is 121. The molecule has 0 radical (unpaired) electrons. The third-order valence-corrected chi connectivity index (χ3v) is 16.9. The Balaban J connectivity index is 0.00000221. The molecule has 0 amide bonds. The van der Waals surface area contributed by atoms with Crippen molar-refractivity contribution >= 4 is 79.0 Å². The van der Waals surface area contributed by atoms with Crippen molar-refractivity contribution in [1.29, 1.82) is 21.0 Å². The van der Waals surface area contributed by atoms with Crippen LogP contribution in [-0.2, 0) is 98.8 Å². The van der Waals surface area contributed by atoms with Gasteiger partial charge in [-0.15, -0.1) is 10.5 Å². The predicted octanol–water partition coefficient (Wildman–Crippen LogP) is 21.7. The number of alkyl halides is 48. The van der Waals surface area contributed by atoms with E-state index in [1.807, 2.05) is 12.1 Å². The first-order chi connectivity index (χ1) is 59.0. The molecule has 0 bridgehead atoms. The summed E-state index contributed by atoms with van der Waals surface area (Å²) in [5.41, 5.74) is -60.4. The number of nitriles is 4. The second-order valence-corrected chi connectivity index (χ2v) is 25.8. The van der Waals surface area contributed by atoms with Crippen LogP contribution < -0.4 is 54.2 Å². The monoisotopic (exact) mass is 2000 g/mol. The molecule has 0 aromatic heterocycles. The zero-order valence-electron chi connectivity index (χ0n) is 65.6. The van der Waals surface area contributed by atoms with Gasteiger partial charge in [-0.05, 0) is 48.5 Å². The minimum absolute atomic E-state index is 0. The Hall–Kier alpha value is -11.8. The molecule has 0 unspecified atom stereocenters. The molecular formula is C76H44B2F48MgN6+2. The maximum Gasteiger partial charge on any atom is 2.00 e. The Kier molecular flexibility index (Phi) is 39.7. The molecule has 0 heterocycles. The van der Waals surface area contributed by atoms with Gasteiger partial charge in [-0.2, -0.15) is 275 Å². The minimum Gasteiger partial charge on any atom is -0.199 e. The van der Waals surface area contributed by atoms with Gasteiger partial charge >= 0.3 is 122 Å². The molecule has 2 N–H and O–H groups in total. The van der Waals surface area contributed by atoms with Crippen molar-refractivity contribution in [2.24, 2.45) is 0 Å². The molecule has 0 saturated carbocycles. The fourth-order valence-corrected chi connectivity index (χ4v) is 12.1. The van der Waals surface area contributed by atoms with E-state index in [1.165, 1.54) is 27.7 Å². The zero-order valence-corrected chi connectivity index (χ0v) is 67.1. The van der Waals surface area contributed by atoms with Crippen molar-refractivity contribution in [2.75, 3.05) is 0 Å². The van der Waals surface area contributed by atoms with Crippen LogP contribution in [0.15, 0.2) is 146 Å². The van der Waals surface area contributed by atoms with E-state index in [4.69, 9.17) is 31.6 Å². The van der Waals surface area contributed by atoms with Gasteiger partial charge < -0.3 is 0 Å². The Morgan fingerprint density at radius 3 is 0.241 bits per heavy atom. The third kappa shape index (κ3) is 32.3. The van der Waals surface area contributed by atoms with Gasteiger partial charge in [0.25, 0.3) is 12.1 Å². The van der Waals surface area contributed by atoms with Gasteiger partial charge in [-0.25, -0.2) is 0 Å². The second-order valence-electron chi connectivity index (χ2n) is 25.8. The molecule has 8 rings (SSSR count). The van der Waals surface area contributed by atoms with Crippen molar-refractivity contribution in [3.63, 3.8) is 0 Å². The molecule has 0 aliphatic rings. The topological polar surface area (TPSA) is 143 Å². The summed E-state index contributed by atoms with van der Waals surface area (Å²) in [5, 5.41) is 41.2. The van der Waals surface area contributed by atoms with Crippen molar-refractivity contribution in [2.45, 2.75) is 140 Å². The normalized spacial score (nSPS) is 12.6. The van der Waals surface area contributed by atoms with Gasteiger partial charge in [0, 0.05) is 27.7 Å². The van der Waals surface area contributed by atoms with Gasteiger partial charge in [0.1, 0.15) is 12.3 Å². The standard InChI is InChI=1S/2C32H12BF24.6C2H3N.Mg/c2*34-25(35,36)13-1-14(26(37,38)39)6-21(5-13)33(22-7-15(27(40,41)42)2-16(8-22)28(43,44)45,23-9-17(29(46,47)48)3-18(10-23)30(49,50)51)24-11-19(31(52,53)54)4-20(12-24)32(55,56)57;6*1-2-3;/h2*1-12H;6*1H3;/q2*-1;;;;;;;+2/p+2. The number of hydrogen-bond donors (Lipinski definition) is 2. The van der Waals surface area contributed by atoms with Crippen LogP contribution in [0.5, 0.6) is 0 Å². The molecule has 720 valence electrons. The van der Waals surface area contributed by atoms with E-state index < -0.39 is 389 Å². The first-order valence-electron chi connectivity index (χ1n) is 33.6. The van der Waals surface area contributed by atoms with Crippen LogP contribution in [0.25, 0.3) is 0 Å². The van der Waals surface area contributed by atoms with Gasteiger partial charge in [-0.1, -0.05) is 97.1 Å². The molecule has 0 saturated heterocycles. The fourth-order valence-electron chi connectivity index (χ4n) is 12.1. The minimum atomic E-state index is -6.13. The molecule has 6 nitrogen and oxygen atoms in total. The summed E-state index contributed by atoms with van der Waals surface area (Å²) in [5.74, 6) is 0. The fraction of sp³-hybridized carbons (Fsp3) is 0.289. The summed E-state index contributed by atoms with van der Waals surface area (Å²) in [6.45, 7) is 8.81. The summed E-state index contributed by atoms with van der Waals surface area (Å²) in [7, 11) is 0. The van der Waals surface area contributed by atoms with Crippen LogP contribution in [-0.4, -0.2) is 35.3 Å². The smallest absolute Gasteiger partial charge is 0.199 e. The van der Waals surface area contributed by atoms with Gasteiger partial charge in [0.05, 0.1) is 127 Å². The molecule has 57 heteroatoms. The predicted molar refractivity (Wildman–Crippen MR) is 372 cm³/mol. The molecule has 0 aliphatic carbocycles. The Morgan fingerprint density at radius 2 is 0.203 bits per heavy atom. The summed E-state index contributed by atoms with van der Waals surface area (Å²) in [6, 6.07) is -6.62. The zero-order chi connectivity index (χ0) is 104. The van der Waals surface area contributed by atoms with E-state index in [0.29, 0.717) is 0 Å². The van der Waals surface area contributed by atoms with Crippen LogP contribution in [0, 0.1) is 57.5 Å². The Morgan fingerprint density at radius 1 is 0.158 bits per heavy atom. The van der Waals surface area contributed by atoms with Gasteiger partial charge in [-0.3, -0.25) is 0 Å². The maximum absolute atomic E-state index is 14.2. The first-order valence-corrected chi connectivity index (χ1v) is 33.6. The summed E-state index contributed by atoms with van der Waals surface area (Å²) < 4.78 is 682. The molecule has 8 aromatic rings. The number of nitrogens with one attached hydrogen (secondary N) is 2. The number of halogens is 48. The van der Waals surface area contributed by atoms with E-state index in [9.17, 15) is 211 Å². The van der Waals surface area contributed by atoms with Crippen LogP contribution >= 0.6 is 0 Å². The summed E-state index contributed by atoms with van der Waals surface area (Å²) in [4.78, 5) is 0.